The summed E-state index contributed by atoms with van der Waals surface area (Å²) in [5.74, 6) is 0. The Morgan fingerprint density at radius 3 is 2.26 bits per heavy atom. The molecular formula is C18H17N3S2. The SMILES string of the molecule is CSc1ccc(-c2ccc(C=NNc3nc(C)cs3)cc2)cc1. The van der Waals surface area contributed by atoms with Crippen LogP contribution in [0.3, 0.4) is 0 Å². The molecule has 1 aromatic heterocycles. The summed E-state index contributed by atoms with van der Waals surface area (Å²) in [4.78, 5) is 5.58. The molecule has 0 aliphatic rings. The fraction of sp³-hybridized carbons (Fsp3) is 0.111. The van der Waals surface area contributed by atoms with Crippen LogP contribution in [0, 0.1) is 6.92 Å². The van der Waals surface area contributed by atoms with Gasteiger partial charge in [-0.2, -0.15) is 5.10 Å². The third-order valence-corrected chi connectivity index (χ3v) is 4.94. The predicted molar refractivity (Wildman–Crippen MR) is 102 cm³/mol. The molecule has 3 rings (SSSR count). The number of thiazole rings is 1. The lowest BCUT2D eigenvalue weighted by Gasteiger charge is -2.03. The highest BCUT2D eigenvalue weighted by molar-refractivity contribution is 7.98. The monoisotopic (exact) mass is 339 g/mol. The number of nitrogens with one attached hydrogen (secondary N) is 1. The van der Waals surface area contributed by atoms with Crippen molar-refractivity contribution in [3.63, 3.8) is 0 Å². The van der Waals surface area contributed by atoms with Gasteiger partial charge in [0.25, 0.3) is 0 Å². The number of rotatable bonds is 5. The fourth-order valence-electron chi connectivity index (χ4n) is 2.11. The summed E-state index contributed by atoms with van der Waals surface area (Å²) in [5, 5.41) is 7.02. The average molecular weight is 339 g/mol. The molecule has 0 atom stereocenters. The summed E-state index contributed by atoms with van der Waals surface area (Å²) >= 11 is 3.30. The van der Waals surface area contributed by atoms with E-state index in [9.17, 15) is 0 Å². The van der Waals surface area contributed by atoms with E-state index in [0.717, 1.165) is 16.4 Å². The van der Waals surface area contributed by atoms with Gasteiger partial charge in [-0.25, -0.2) is 4.98 Å². The average Bonchev–Trinajstić information content (AvgIpc) is 3.01. The van der Waals surface area contributed by atoms with Crippen LogP contribution in [0.1, 0.15) is 11.3 Å². The predicted octanol–water partition coefficient (Wildman–Crippen LogP) is 5.29. The molecule has 0 aliphatic carbocycles. The minimum atomic E-state index is 0.809. The summed E-state index contributed by atoms with van der Waals surface area (Å²) in [6.45, 7) is 1.97. The molecule has 1 heterocycles. The van der Waals surface area contributed by atoms with Crippen LogP contribution in [-0.4, -0.2) is 17.5 Å². The minimum Gasteiger partial charge on any atom is -0.253 e. The smallest absolute Gasteiger partial charge is 0.203 e. The van der Waals surface area contributed by atoms with Crippen molar-refractivity contribution in [3.8, 4) is 11.1 Å². The molecule has 0 radical (unpaired) electrons. The van der Waals surface area contributed by atoms with E-state index in [1.165, 1.54) is 16.0 Å². The maximum Gasteiger partial charge on any atom is 0.203 e. The number of hydrogen-bond acceptors (Lipinski definition) is 5. The molecule has 23 heavy (non-hydrogen) atoms. The van der Waals surface area contributed by atoms with E-state index in [2.05, 4.69) is 70.3 Å². The highest BCUT2D eigenvalue weighted by atomic mass is 32.2. The number of benzene rings is 2. The van der Waals surface area contributed by atoms with Gasteiger partial charge in [-0.15, -0.1) is 23.1 Å². The van der Waals surface area contributed by atoms with Crippen molar-refractivity contribution in [1.82, 2.24) is 4.98 Å². The Labute approximate surface area is 144 Å². The quantitative estimate of drug-likeness (QED) is 0.390. The van der Waals surface area contributed by atoms with Crippen LogP contribution in [0.15, 0.2) is 63.9 Å². The Kier molecular flexibility index (Phi) is 5.10. The van der Waals surface area contributed by atoms with E-state index in [1.54, 1.807) is 29.3 Å². The molecule has 0 saturated carbocycles. The Hall–Kier alpha value is -2.11. The number of hydrogen-bond donors (Lipinski definition) is 1. The van der Waals surface area contributed by atoms with Gasteiger partial charge in [0, 0.05) is 10.3 Å². The third kappa shape index (κ3) is 4.21. The zero-order valence-corrected chi connectivity index (χ0v) is 14.6. The molecule has 3 aromatic rings. The molecule has 0 spiro atoms. The summed E-state index contributed by atoms with van der Waals surface area (Å²) in [6, 6.07) is 17.0. The van der Waals surface area contributed by atoms with Crippen LogP contribution >= 0.6 is 23.1 Å². The van der Waals surface area contributed by atoms with Gasteiger partial charge in [0.05, 0.1) is 11.9 Å². The van der Waals surface area contributed by atoms with Crippen molar-refractivity contribution >= 4 is 34.4 Å². The van der Waals surface area contributed by atoms with Crippen LogP contribution in [-0.2, 0) is 0 Å². The second kappa shape index (κ2) is 7.44. The van der Waals surface area contributed by atoms with Gasteiger partial charge in [-0.05, 0) is 42.0 Å². The fourth-order valence-corrected chi connectivity index (χ4v) is 3.16. The first-order valence-electron chi connectivity index (χ1n) is 7.20. The second-order valence-electron chi connectivity index (χ2n) is 5.01. The second-order valence-corrected chi connectivity index (χ2v) is 6.75. The normalized spacial score (nSPS) is 11.0. The van der Waals surface area contributed by atoms with Gasteiger partial charge in [-0.1, -0.05) is 36.4 Å². The first kappa shape index (κ1) is 15.8. The van der Waals surface area contributed by atoms with Crippen molar-refractivity contribution in [2.24, 2.45) is 5.10 Å². The molecule has 0 unspecified atom stereocenters. The van der Waals surface area contributed by atoms with E-state index in [-0.39, 0.29) is 0 Å². The molecule has 3 nitrogen and oxygen atoms in total. The van der Waals surface area contributed by atoms with Crippen molar-refractivity contribution in [1.29, 1.82) is 0 Å². The summed E-state index contributed by atoms with van der Waals surface area (Å²) in [7, 11) is 0. The lowest BCUT2D eigenvalue weighted by atomic mass is 10.0. The summed E-state index contributed by atoms with van der Waals surface area (Å²) in [6.07, 6.45) is 3.89. The van der Waals surface area contributed by atoms with Crippen molar-refractivity contribution < 1.29 is 0 Å². The van der Waals surface area contributed by atoms with Crippen LogP contribution in [0.4, 0.5) is 5.13 Å². The van der Waals surface area contributed by atoms with Gasteiger partial charge in [0.15, 0.2) is 0 Å². The van der Waals surface area contributed by atoms with E-state index in [1.807, 2.05) is 12.3 Å². The lowest BCUT2D eigenvalue weighted by molar-refractivity contribution is 1.22. The van der Waals surface area contributed by atoms with E-state index < -0.39 is 0 Å². The molecule has 0 saturated heterocycles. The van der Waals surface area contributed by atoms with Gasteiger partial charge in [-0.3, -0.25) is 5.43 Å². The van der Waals surface area contributed by atoms with Crippen molar-refractivity contribution in [2.75, 3.05) is 11.7 Å². The number of aromatic nitrogens is 1. The summed E-state index contributed by atoms with van der Waals surface area (Å²) in [5.41, 5.74) is 7.43. The Morgan fingerprint density at radius 1 is 1.04 bits per heavy atom. The topological polar surface area (TPSA) is 37.3 Å². The number of nitrogens with zero attached hydrogens (tertiary/aromatic N) is 2. The van der Waals surface area contributed by atoms with E-state index >= 15 is 0 Å². The lowest BCUT2D eigenvalue weighted by Crippen LogP contribution is -1.90. The molecular weight excluding hydrogens is 322 g/mol. The Balaban J connectivity index is 1.66. The molecule has 0 fully saturated rings. The molecule has 0 amide bonds. The molecule has 5 heteroatoms. The third-order valence-electron chi connectivity index (χ3n) is 3.33. The van der Waals surface area contributed by atoms with Crippen molar-refractivity contribution in [2.45, 2.75) is 11.8 Å². The van der Waals surface area contributed by atoms with Gasteiger partial charge in [0.2, 0.25) is 5.13 Å². The summed E-state index contributed by atoms with van der Waals surface area (Å²) < 4.78 is 0. The molecule has 1 N–H and O–H groups in total. The maximum absolute atomic E-state index is 4.30. The molecule has 0 bridgehead atoms. The highest BCUT2D eigenvalue weighted by Gasteiger charge is 1.98. The largest absolute Gasteiger partial charge is 0.253 e. The first-order valence-corrected chi connectivity index (χ1v) is 9.31. The number of anilines is 1. The number of thioether (sulfide) groups is 1. The van der Waals surface area contributed by atoms with Gasteiger partial charge in [0.1, 0.15) is 0 Å². The number of aryl methyl sites for hydroxylation is 1. The highest BCUT2D eigenvalue weighted by Crippen LogP contribution is 2.23. The maximum atomic E-state index is 4.30. The van der Waals surface area contributed by atoms with Crippen LogP contribution < -0.4 is 5.43 Å². The van der Waals surface area contributed by atoms with Gasteiger partial charge >= 0.3 is 0 Å². The zero-order valence-electron chi connectivity index (χ0n) is 13.0. The molecule has 116 valence electrons. The Bertz CT molecular complexity index is 790. The van der Waals surface area contributed by atoms with Crippen LogP contribution in [0.5, 0.6) is 0 Å². The minimum absolute atomic E-state index is 0.809. The van der Waals surface area contributed by atoms with E-state index in [0.29, 0.717) is 0 Å². The standard InChI is InChI=1S/C18H17N3S2/c1-13-12-23-18(20-13)21-19-11-14-3-5-15(6-4-14)16-7-9-17(22-2)10-8-16/h3-12H,1-2H3,(H,20,21). The van der Waals surface area contributed by atoms with Crippen LogP contribution in [0.25, 0.3) is 11.1 Å². The van der Waals surface area contributed by atoms with Gasteiger partial charge < -0.3 is 0 Å². The van der Waals surface area contributed by atoms with E-state index in [4.69, 9.17) is 0 Å². The van der Waals surface area contributed by atoms with Crippen LogP contribution in [0.2, 0.25) is 0 Å². The Morgan fingerprint density at radius 2 is 1.70 bits per heavy atom. The molecule has 2 aromatic carbocycles. The number of hydrazone groups is 1. The first-order chi connectivity index (χ1) is 11.2. The zero-order chi connectivity index (χ0) is 16.1. The van der Waals surface area contributed by atoms with Crippen molar-refractivity contribution in [3.05, 3.63) is 65.2 Å². The molecule has 0 aliphatic heterocycles.